The predicted octanol–water partition coefficient (Wildman–Crippen LogP) is 6.45. The average Bonchev–Trinajstić information content (AvgIpc) is 3.24. The van der Waals surface area contributed by atoms with E-state index in [4.69, 9.17) is 0 Å². The molecule has 0 radical (unpaired) electrons. The zero-order valence-electron chi connectivity index (χ0n) is 15.2. The number of aliphatic imine (C=N–C) groups is 1. The summed E-state index contributed by atoms with van der Waals surface area (Å²) in [5.41, 5.74) is 3.76. The van der Waals surface area contributed by atoms with Crippen LogP contribution < -0.4 is 0 Å². The van der Waals surface area contributed by atoms with Crippen molar-refractivity contribution < 1.29 is 10.0 Å². The summed E-state index contributed by atoms with van der Waals surface area (Å²) in [6.45, 7) is 0. The van der Waals surface area contributed by atoms with E-state index in [0.717, 1.165) is 22.5 Å². The van der Waals surface area contributed by atoms with Crippen molar-refractivity contribution in [3.05, 3.63) is 99.9 Å². The van der Waals surface area contributed by atoms with Crippen LogP contribution in [0.15, 0.2) is 89.9 Å². The van der Waals surface area contributed by atoms with Crippen LogP contribution >= 0.6 is 11.3 Å². The van der Waals surface area contributed by atoms with Crippen molar-refractivity contribution >= 4 is 28.2 Å². The molecular formula is C23H16N2O3S. The van der Waals surface area contributed by atoms with E-state index in [1.54, 1.807) is 12.3 Å². The van der Waals surface area contributed by atoms with Crippen LogP contribution in [0.3, 0.4) is 0 Å². The van der Waals surface area contributed by atoms with Crippen molar-refractivity contribution in [1.82, 2.24) is 0 Å². The fraction of sp³-hybridized carbons (Fsp3) is 0. The molecule has 29 heavy (non-hydrogen) atoms. The molecule has 6 heteroatoms. The van der Waals surface area contributed by atoms with Gasteiger partial charge in [0.05, 0.1) is 15.5 Å². The summed E-state index contributed by atoms with van der Waals surface area (Å²) < 4.78 is 0. The number of phenolic OH excluding ortho intramolecular Hbond substituents is 1. The second-order valence-corrected chi connectivity index (χ2v) is 7.41. The quantitative estimate of drug-likeness (QED) is 0.238. The van der Waals surface area contributed by atoms with Gasteiger partial charge in [-0.2, -0.15) is 0 Å². The van der Waals surface area contributed by atoms with Gasteiger partial charge in [0.15, 0.2) is 0 Å². The second-order valence-electron chi connectivity index (χ2n) is 6.31. The van der Waals surface area contributed by atoms with Crippen LogP contribution in [0.2, 0.25) is 0 Å². The van der Waals surface area contributed by atoms with Crippen molar-refractivity contribution in [2.75, 3.05) is 0 Å². The number of phenols is 1. The van der Waals surface area contributed by atoms with Gasteiger partial charge in [0, 0.05) is 23.4 Å². The Morgan fingerprint density at radius 3 is 1.90 bits per heavy atom. The summed E-state index contributed by atoms with van der Waals surface area (Å²) in [7, 11) is 0. The molecule has 5 nitrogen and oxygen atoms in total. The number of benzene rings is 3. The zero-order valence-corrected chi connectivity index (χ0v) is 16.0. The molecule has 0 aliphatic rings. The van der Waals surface area contributed by atoms with E-state index in [0.29, 0.717) is 21.7 Å². The van der Waals surface area contributed by atoms with Gasteiger partial charge in [0.25, 0.3) is 0 Å². The topological polar surface area (TPSA) is 75.7 Å². The van der Waals surface area contributed by atoms with Crippen LogP contribution in [0.1, 0.15) is 4.88 Å². The molecule has 0 fully saturated rings. The van der Waals surface area contributed by atoms with Crippen LogP contribution in [0.25, 0.3) is 22.3 Å². The molecule has 142 valence electrons. The Bertz CT molecular complexity index is 1120. The van der Waals surface area contributed by atoms with E-state index in [-0.39, 0.29) is 10.8 Å². The molecule has 4 aromatic rings. The molecule has 0 amide bonds. The Labute approximate surface area is 171 Å². The van der Waals surface area contributed by atoms with E-state index >= 15 is 0 Å². The molecule has 0 aliphatic carbocycles. The number of nitrogens with zero attached hydrogens (tertiary/aromatic N) is 2. The van der Waals surface area contributed by atoms with Crippen LogP contribution in [-0.4, -0.2) is 16.2 Å². The van der Waals surface area contributed by atoms with Crippen molar-refractivity contribution in [3.8, 4) is 28.0 Å². The molecule has 0 saturated heterocycles. The van der Waals surface area contributed by atoms with Crippen LogP contribution in [0.4, 0.5) is 10.7 Å². The first-order valence-electron chi connectivity index (χ1n) is 8.88. The van der Waals surface area contributed by atoms with Crippen molar-refractivity contribution in [1.29, 1.82) is 0 Å². The minimum Gasteiger partial charge on any atom is -0.507 e. The molecule has 1 N–H and O–H groups in total. The lowest BCUT2D eigenvalue weighted by Crippen LogP contribution is -1.85. The van der Waals surface area contributed by atoms with Crippen LogP contribution in [0.5, 0.6) is 5.75 Å². The third kappa shape index (κ3) is 4.07. The normalized spacial score (nSPS) is 11.0. The minimum atomic E-state index is -0.413. The highest BCUT2D eigenvalue weighted by atomic mass is 32.1. The van der Waals surface area contributed by atoms with Crippen LogP contribution in [-0.2, 0) is 0 Å². The predicted molar refractivity (Wildman–Crippen MR) is 117 cm³/mol. The Kier molecular flexibility index (Phi) is 5.18. The monoisotopic (exact) mass is 400 g/mol. The van der Waals surface area contributed by atoms with E-state index in [9.17, 15) is 15.2 Å². The summed E-state index contributed by atoms with van der Waals surface area (Å²) in [4.78, 5) is 15.7. The Hall–Kier alpha value is -3.77. The summed E-state index contributed by atoms with van der Waals surface area (Å²) in [6, 6.07) is 26.0. The van der Waals surface area contributed by atoms with Gasteiger partial charge in [-0.25, -0.2) is 0 Å². The maximum Gasteiger partial charge on any atom is 0.324 e. The highest BCUT2D eigenvalue weighted by molar-refractivity contribution is 7.16. The number of aromatic hydroxyl groups is 1. The van der Waals surface area contributed by atoms with E-state index in [1.165, 1.54) is 6.07 Å². The maximum atomic E-state index is 10.9. The second kappa shape index (κ2) is 8.08. The molecule has 4 rings (SSSR count). The molecule has 3 aromatic carbocycles. The average molecular weight is 400 g/mol. The number of hydrogen-bond donors (Lipinski definition) is 1. The smallest absolute Gasteiger partial charge is 0.324 e. The number of rotatable bonds is 5. The van der Waals surface area contributed by atoms with E-state index < -0.39 is 4.92 Å². The van der Waals surface area contributed by atoms with E-state index in [2.05, 4.69) is 4.99 Å². The third-order valence-corrected chi connectivity index (χ3v) is 5.37. The Morgan fingerprint density at radius 1 is 0.862 bits per heavy atom. The highest BCUT2D eigenvalue weighted by Crippen LogP contribution is 2.41. The first kappa shape index (κ1) is 18.6. The molecular weight excluding hydrogens is 384 g/mol. The number of nitro groups is 1. The molecule has 1 heterocycles. The molecule has 0 spiro atoms. The van der Waals surface area contributed by atoms with Gasteiger partial charge in [-0.3, -0.25) is 15.1 Å². The molecule has 0 bridgehead atoms. The maximum absolute atomic E-state index is 10.9. The molecule has 0 saturated carbocycles. The van der Waals surface area contributed by atoms with Crippen molar-refractivity contribution in [3.63, 3.8) is 0 Å². The lowest BCUT2D eigenvalue weighted by Gasteiger charge is -2.12. The summed E-state index contributed by atoms with van der Waals surface area (Å²) in [5.74, 6) is 0.188. The summed E-state index contributed by atoms with van der Waals surface area (Å²) in [6.07, 6.45) is 1.60. The number of hydrogen-bond acceptors (Lipinski definition) is 5. The van der Waals surface area contributed by atoms with Gasteiger partial charge in [0.1, 0.15) is 5.75 Å². The summed E-state index contributed by atoms with van der Waals surface area (Å²) >= 11 is 1.07. The number of thiophene rings is 1. The first-order chi connectivity index (χ1) is 14.1. The largest absolute Gasteiger partial charge is 0.507 e. The molecule has 0 atom stereocenters. The van der Waals surface area contributed by atoms with Crippen LogP contribution in [0, 0.1) is 10.1 Å². The van der Waals surface area contributed by atoms with Gasteiger partial charge in [-0.15, -0.1) is 0 Å². The fourth-order valence-electron chi connectivity index (χ4n) is 3.02. The van der Waals surface area contributed by atoms with Gasteiger partial charge in [-0.05, 0) is 29.3 Å². The third-order valence-electron chi connectivity index (χ3n) is 4.40. The minimum absolute atomic E-state index is 0.0760. The lowest BCUT2D eigenvalue weighted by atomic mass is 9.96. The van der Waals surface area contributed by atoms with Gasteiger partial charge < -0.3 is 5.11 Å². The molecule has 0 unspecified atom stereocenters. The molecule has 1 aromatic heterocycles. The molecule has 0 aliphatic heterocycles. The van der Waals surface area contributed by atoms with Crippen molar-refractivity contribution in [2.45, 2.75) is 0 Å². The van der Waals surface area contributed by atoms with Gasteiger partial charge >= 0.3 is 5.00 Å². The fourth-order valence-corrected chi connectivity index (χ4v) is 3.71. The van der Waals surface area contributed by atoms with Crippen molar-refractivity contribution in [2.24, 2.45) is 4.99 Å². The van der Waals surface area contributed by atoms with Gasteiger partial charge in [-0.1, -0.05) is 72.0 Å². The first-order valence-corrected chi connectivity index (χ1v) is 9.69. The lowest BCUT2D eigenvalue weighted by molar-refractivity contribution is -0.380. The highest BCUT2D eigenvalue weighted by Gasteiger charge is 2.13. The zero-order chi connectivity index (χ0) is 20.2. The van der Waals surface area contributed by atoms with E-state index in [1.807, 2.05) is 72.8 Å². The Balaban J connectivity index is 1.81. The van der Waals surface area contributed by atoms with Gasteiger partial charge in [0.2, 0.25) is 0 Å². The summed E-state index contributed by atoms with van der Waals surface area (Å²) in [5, 5.41) is 21.9. The Morgan fingerprint density at radius 2 is 1.41 bits per heavy atom. The SMILES string of the molecule is O=[N+]([O-])c1ccc(C=Nc2cc(-c3ccccc3)c(O)c(-c3ccccc3)c2)s1. The standard InChI is InChI=1S/C23H16N2O3S/c26-23-20(16-7-3-1-4-8-16)13-18(14-21(23)17-9-5-2-6-10-17)24-15-19-11-12-22(29-19)25(27)28/h1-15,26H.